The summed E-state index contributed by atoms with van der Waals surface area (Å²) in [6, 6.07) is 11.7. The lowest BCUT2D eigenvalue weighted by Gasteiger charge is -2.29. The van der Waals surface area contributed by atoms with Crippen molar-refractivity contribution in [2.24, 2.45) is 0 Å². The van der Waals surface area contributed by atoms with Crippen LogP contribution in [0.4, 0.5) is 5.69 Å². The van der Waals surface area contributed by atoms with Gasteiger partial charge in [-0.3, -0.25) is 4.98 Å². The summed E-state index contributed by atoms with van der Waals surface area (Å²) in [5.41, 5.74) is 2.29. The van der Waals surface area contributed by atoms with E-state index in [0.29, 0.717) is 12.1 Å². The van der Waals surface area contributed by atoms with E-state index in [9.17, 15) is 0 Å². The molecule has 1 heterocycles. The molecule has 0 saturated heterocycles. The summed E-state index contributed by atoms with van der Waals surface area (Å²) in [5, 5.41) is 8.30. The van der Waals surface area contributed by atoms with Gasteiger partial charge < -0.3 is 10.6 Å². The Labute approximate surface area is 114 Å². The molecule has 3 heteroatoms. The van der Waals surface area contributed by atoms with E-state index in [1.165, 1.54) is 36.8 Å². The zero-order chi connectivity index (χ0) is 13.1. The second kappa shape index (κ2) is 5.57. The Kier molecular flexibility index (Phi) is 3.65. The summed E-state index contributed by atoms with van der Waals surface area (Å²) in [6.45, 7) is 0. The molecule has 3 rings (SSSR count). The summed E-state index contributed by atoms with van der Waals surface area (Å²) in [7, 11) is 2.06. The van der Waals surface area contributed by atoms with Crippen LogP contribution in [0.5, 0.6) is 0 Å². The Morgan fingerprint density at radius 3 is 2.53 bits per heavy atom. The van der Waals surface area contributed by atoms with Crippen LogP contribution >= 0.6 is 0 Å². The Balaban J connectivity index is 1.75. The van der Waals surface area contributed by atoms with E-state index in [0.717, 1.165) is 5.52 Å². The van der Waals surface area contributed by atoms with Gasteiger partial charge in [-0.1, -0.05) is 18.2 Å². The third-order valence-corrected chi connectivity index (χ3v) is 4.14. The Morgan fingerprint density at radius 1 is 1.00 bits per heavy atom. The van der Waals surface area contributed by atoms with Crippen molar-refractivity contribution < 1.29 is 0 Å². The number of rotatable bonds is 3. The third-order valence-electron chi connectivity index (χ3n) is 4.14. The molecule has 0 spiro atoms. The molecule has 1 fully saturated rings. The van der Waals surface area contributed by atoms with E-state index in [-0.39, 0.29) is 0 Å². The molecule has 1 aliphatic rings. The predicted octanol–water partition coefficient (Wildman–Crippen LogP) is 3.18. The van der Waals surface area contributed by atoms with E-state index < -0.39 is 0 Å². The van der Waals surface area contributed by atoms with E-state index in [1.54, 1.807) is 0 Å². The maximum Gasteiger partial charge on any atom is 0.0722 e. The minimum absolute atomic E-state index is 0.593. The number of pyridine rings is 1. The summed E-state index contributed by atoms with van der Waals surface area (Å²) in [5.74, 6) is 0. The average Bonchev–Trinajstić information content (AvgIpc) is 2.48. The van der Waals surface area contributed by atoms with Gasteiger partial charge in [0.2, 0.25) is 0 Å². The van der Waals surface area contributed by atoms with Crippen molar-refractivity contribution in [3.05, 3.63) is 36.5 Å². The first kappa shape index (κ1) is 12.4. The Hall–Kier alpha value is -1.61. The van der Waals surface area contributed by atoms with Crippen LogP contribution < -0.4 is 10.6 Å². The highest BCUT2D eigenvalue weighted by Crippen LogP contribution is 2.26. The summed E-state index contributed by atoms with van der Waals surface area (Å²) < 4.78 is 0. The van der Waals surface area contributed by atoms with Gasteiger partial charge in [-0.15, -0.1) is 0 Å². The Morgan fingerprint density at radius 2 is 1.74 bits per heavy atom. The molecular weight excluding hydrogens is 234 g/mol. The van der Waals surface area contributed by atoms with Crippen LogP contribution in [0, 0.1) is 0 Å². The first-order chi connectivity index (χ1) is 9.36. The average molecular weight is 255 g/mol. The van der Waals surface area contributed by atoms with Gasteiger partial charge in [0.25, 0.3) is 0 Å². The molecule has 1 aromatic carbocycles. The van der Waals surface area contributed by atoms with Crippen molar-refractivity contribution in [1.29, 1.82) is 0 Å². The number of fused-ring (bicyclic) bond motifs is 1. The SMILES string of the molecule is CNC1CCC(Nc2ccnc3ccccc23)CC1. The number of benzene rings is 1. The maximum absolute atomic E-state index is 4.41. The van der Waals surface area contributed by atoms with Gasteiger partial charge in [0.1, 0.15) is 0 Å². The largest absolute Gasteiger partial charge is 0.382 e. The molecule has 2 aromatic rings. The van der Waals surface area contributed by atoms with Crippen molar-refractivity contribution in [3.63, 3.8) is 0 Å². The molecule has 1 saturated carbocycles. The predicted molar refractivity (Wildman–Crippen MR) is 80.5 cm³/mol. The highest BCUT2D eigenvalue weighted by molar-refractivity contribution is 5.90. The van der Waals surface area contributed by atoms with Crippen molar-refractivity contribution in [1.82, 2.24) is 10.3 Å². The molecule has 3 nitrogen and oxygen atoms in total. The van der Waals surface area contributed by atoms with Gasteiger partial charge in [-0.25, -0.2) is 0 Å². The Bertz CT molecular complexity index is 539. The first-order valence-electron chi connectivity index (χ1n) is 7.14. The number of hydrogen-bond acceptors (Lipinski definition) is 3. The van der Waals surface area contributed by atoms with Gasteiger partial charge in [-0.2, -0.15) is 0 Å². The molecule has 0 radical (unpaired) electrons. The lowest BCUT2D eigenvalue weighted by molar-refractivity contribution is 0.371. The fourth-order valence-corrected chi connectivity index (χ4v) is 2.97. The zero-order valence-corrected chi connectivity index (χ0v) is 11.4. The molecule has 100 valence electrons. The molecule has 0 atom stereocenters. The zero-order valence-electron chi connectivity index (χ0n) is 11.4. The number of nitrogens with zero attached hydrogens (tertiary/aromatic N) is 1. The van der Waals surface area contributed by atoms with Crippen molar-refractivity contribution in [2.45, 2.75) is 37.8 Å². The fraction of sp³-hybridized carbons (Fsp3) is 0.438. The number of anilines is 1. The number of para-hydroxylation sites is 1. The third kappa shape index (κ3) is 2.71. The van der Waals surface area contributed by atoms with Crippen molar-refractivity contribution in [3.8, 4) is 0 Å². The van der Waals surface area contributed by atoms with Crippen LogP contribution in [0.25, 0.3) is 10.9 Å². The van der Waals surface area contributed by atoms with E-state index in [1.807, 2.05) is 12.3 Å². The molecule has 1 aliphatic carbocycles. The molecular formula is C16H21N3. The molecule has 2 N–H and O–H groups in total. The van der Waals surface area contributed by atoms with Crippen LogP contribution in [0.2, 0.25) is 0 Å². The lowest BCUT2D eigenvalue weighted by atomic mass is 9.91. The highest BCUT2D eigenvalue weighted by atomic mass is 14.9. The normalized spacial score (nSPS) is 23.4. The molecule has 0 aliphatic heterocycles. The fourth-order valence-electron chi connectivity index (χ4n) is 2.97. The van der Waals surface area contributed by atoms with Gasteiger partial charge in [-0.05, 0) is 44.9 Å². The minimum atomic E-state index is 0.593. The monoisotopic (exact) mass is 255 g/mol. The molecule has 0 unspecified atom stereocenters. The van der Waals surface area contributed by atoms with Crippen LogP contribution in [-0.4, -0.2) is 24.1 Å². The standard InChI is InChI=1S/C16H21N3/c1-17-12-6-8-13(9-7-12)19-16-10-11-18-15-5-3-2-4-14(15)16/h2-5,10-13,17H,6-9H2,1H3,(H,18,19). The van der Waals surface area contributed by atoms with Crippen LogP contribution in [0.1, 0.15) is 25.7 Å². The van der Waals surface area contributed by atoms with Crippen molar-refractivity contribution >= 4 is 16.6 Å². The lowest BCUT2D eigenvalue weighted by Crippen LogP contribution is -2.35. The second-order valence-electron chi connectivity index (χ2n) is 5.36. The second-order valence-corrected chi connectivity index (χ2v) is 5.36. The topological polar surface area (TPSA) is 37.0 Å². The van der Waals surface area contributed by atoms with E-state index in [2.05, 4.69) is 46.9 Å². The smallest absolute Gasteiger partial charge is 0.0722 e. The van der Waals surface area contributed by atoms with Gasteiger partial charge in [0.05, 0.1) is 5.52 Å². The summed E-state index contributed by atoms with van der Waals surface area (Å²) >= 11 is 0. The number of aromatic nitrogens is 1. The number of nitrogens with one attached hydrogen (secondary N) is 2. The summed E-state index contributed by atoms with van der Waals surface area (Å²) in [4.78, 5) is 4.41. The van der Waals surface area contributed by atoms with Crippen LogP contribution in [0.3, 0.4) is 0 Å². The minimum Gasteiger partial charge on any atom is -0.382 e. The first-order valence-corrected chi connectivity index (χ1v) is 7.14. The maximum atomic E-state index is 4.41. The molecule has 1 aromatic heterocycles. The highest BCUT2D eigenvalue weighted by Gasteiger charge is 2.20. The number of hydrogen-bond donors (Lipinski definition) is 2. The van der Waals surface area contributed by atoms with Crippen LogP contribution in [0.15, 0.2) is 36.5 Å². The van der Waals surface area contributed by atoms with Crippen molar-refractivity contribution in [2.75, 3.05) is 12.4 Å². The van der Waals surface area contributed by atoms with Gasteiger partial charge in [0, 0.05) is 29.4 Å². The van der Waals surface area contributed by atoms with Crippen LogP contribution in [-0.2, 0) is 0 Å². The van der Waals surface area contributed by atoms with E-state index in [4.69, 9.17) is 0 Å². The molecule has 0 bridgehead atoms. The quantitative estimate of drug-likeness (QED) is 0.884. The molecule has 0 amide bonds. The molecule has 19 heavy (non-hydrogen) atoms. The summed E-state index contributed by atoms with van der Waals surface area (Å²) in [6.07, 6.45) is 6.89. The van der Waals surface area contributed by atoms with Gasteiger partial charge >= 0.3 is 0 Å². The van der Waals surface area contributed by atoms with E-state index >= 15 is 0 Å². The van der Waals surface area contributed by atoms with Gasteiger partial charge in [0.15, 0.2) is 0 Å².